The number of ketones is 1. The average Bonchev–Trinajstić information content (AvgIpc) is 2.67. The van der Waals surface area contributed by atoms with Crippen LogP contribution in [0, 0.1) is 0 Å². The maximum Gasteiger partial charge on any atom is 0.340 e. The van der Waals surface area contributed by atoms with Crippen LogP contribution in [0.1, 0.15) is 40.1 Å². The molecule has 6 nitrogen and oxygen atoms in total. The van der Waals surface area contributed by atoms with Gasteiger partial charge in [0.15, 0.2) is 6.10 Å². The van der Waals surface area contributed by atoms with Gasteiger partial charge in [0.25, 0.3) is 0 Å². The van der Waals surface area contributed by atoms with Crippen molar-refractivity contribution < 1.29 is 22.7 Å². The molecule has 0 spiro atoms. The Morgan fingerprint density at radius 3 is 2.33 bits per heavy atom. The van der Waals surface area contributed by atoms with Crippen molar-refractivity contribution in [3.8, 4) is 0 Å². The lowest BCUT2D eigenvalue weighted by molar-refractivity contribution is 0.0318. The minimum absolute atomic E-state index is 0.0296. The summed E-state index contributed by atoms with van der Waals surface area (Å²) >= 11 is 6.00. The standard InChI is InChI=1S/C19H20ClNO5S/c1-4-13-5-7-14(8-6-13)18(22)12(2)26-19(23)16-11-15(9-10-17(16)20)27(24,25)21-3/h5-12,21H,4H2,1-3H3. The lowest BCUT2D eigenvalue weighted by Crippen LogP contribution is -2.25. The quantitative estimate of drug-likeness (QED) is 0.560. The summed E-state index contributed by atoms with van der Waals surface area (Å²) in [5.41, 5.74) is 1.38. The minimum Gasteiger partial charge on any atom is -0.451 e. The Morgan fingerprint density at radius 2 is 1.78 bits per heavy atom. The van der Waals surface area contributed by atoms with Crippen LogP contribution >= 0.6 is 11.6 Å². The molecule has 0 heterocycles. The lowest BCUT2D eigenvalue weighted by atomic mass is 10.0. The smallest absolute Gasteiger partial charge is 0.340 e. The van der Waals surface area contributed by atoms with Crippen molar-refractivity contribution in [2.45, 2.75) is 31.3 Å². The van der Waals surface area contributed by atoms with Gasteiger partial charge < -0.3 is 4.74 Å². The fraction of sp³-hybridized carbons (Fsp3) is 0.263. The molecule has 144 valence electrons. The van der Waals surface area contributed by atoms with E-state index in [4.69, 9.17) is 16.3 Å². The third-order valence-corrected chi connectivity index (χ3v) is 5.78. The Hall–Kier alpha value is -2.22. The van der Waals surface area contributed by atoms with Gasteiger partial charge in [0.05, 0.1) is 15.5 Å². The molecule has 0 aliphatic rings. The number of sulfonamides is 1. The molecule has 0 aliphatic heterocycles. The molecule has 0 saturated carbocycles. The summed E-state index contributed by atoms with van der Waals surface area (Å²) in [6.07, 6.45) is -0.200. The second kappa shape index (κ2) is 8.65. The second-order valence-corrected chi connectivity index (χ2v) is 8.11. The number of esters is 1. The van der Waals surface area contributed by atoms with E-state index in [0.29, 0.717) is 5.56 Å². The first kappa shape index (κ1) is 21.1. The van der Waals surface area contributed by atoms with Crippen LogP contribution in [0.2, 0.25) is 5.02 Å². The third kappa shape index (κ3) is 4.94. The summed E-state index contributed by atoms with van der Waals surface area (Å²) in [5.74, 6) is -1.24. The van der Waals surface area contributed by atoms with Gasteiger partial charge in [-0.05, 0) is 44.2 Å². The number of rotatable bonds is 7. The largest absolute Gasteiger partial charge is 0.451 e. The molecular formula is C19H20ClNO5S. The highest BCUT2D eigenvalue weighted by Gasteiger charge is 2.23. The lowest BCUT2D eigenvalue weighted by Gasteiger charge is -2.14. The highest BCUT2D eigenvalue weighted by atomic mass is 35.5. The fourth-order valence-electron chi connectivity index (χ4n) is 2.36. The number of carbonyl (C=O) groups is 2. The van der Waals surface area contributed by atoms with E-state index in [1.54, 1.807) is 12.1 Å². The van der Waals surface area contributed by atoms with E-state index in [1.807, 2.05) is 19.1 Å². The molecular weight excluding hydrogens is 390 g/mol. The number of Topliss-reactive ketones (excluding diaryl/α,β-unsaturated/α-hetero) is 1. The third-order valence-electron chi connectivity index (χ3n) is 4.04. The zero-order chi connectivity index (χ0) is 20.2. The summed E-state index contributed by atoms with van der Waals surface area (Å²) in [5, 5.41) is 0.0296. The van der Waals surface area contributed by atoms with E-state index in [9.17, 15) is 18.0 Å². The molecule has 1 unspecified atom stereocenters. The summed E-state index contributed by atoms with van der Waals surface area (Å²) in [6, 6.07) is 10.7. The van der Waals surface area contributed by atoms with Crippen molar-refractivity contribution >= 4 is 33.4 Å². The molecule has 2 rings (SSSR count). The summed E-state index contributed by atoms with van der Waals surface area (Å²) in [7, 11) is -2.49. The Bertz CT molecular complexity index is 955. The van der Waals surface area contributed by atoms with Crippen LogP contribution in [-0.2, 0) is 21.2 Å². The Morgan fingerprint density at radius 1 is 1.15 bits per heavy atom. The molecule has 0 amide bonds. The molecule has 27 heavy (non-hydrogen) atoms. The van der Waals surface area contributed by atoms with Gasteiger partial charge in [-0.25, -0.2) is 17.9 Å². The number of benzene rings is 2. The van der Waals surface area contributed by atoms with E-state index in [-0.39, 0.29) is 21.3 Å². The molecule has 0 fully saturated rings. The van der Waals surface area contributed by atoms with Gasteiger partial charge in [-0.1, -0.05) is 42.8 Å². The van der Waals surface area contributed by atoms with Crippen LogP contribution in [0.4, 0.5) is 0 Å². The summed E-state index contributed by atoms with van der Waals surface area (Å²) in [4.78, 5) is 24.7. The van der Waals surface area contributed by atoms with Crippen LogP contribution in [0.5, 0.6) is 0 Å². The van der Waals surface area contributed by atoms with Crippen LogP contribution in [0.3, 0.4) is 0 Å². The summed E-state index contributed by atoms with van der Waals surface area (Å²) in [6.45, 7) is 3.46. The molecule has 8 heteroatoms. The number of aryl methyl sites for hydroxylation is 1. The first-order valence-electron chi connectivity index (χ1n) is 8.26. The first-order chi connectivity index (χ1) is 12.7. The van der Waals surface area contributed by atoms with Gasteiger partial charge in [0.1, 0.15) is 0 Å². The molecule has 0 aromatic heterocycles. The van der Waals surface area contributed by atoms with Crippen molar-refractivity contribution in [2.24, 2.45) is 0 Å². The Labute approximate surface area is 163 Å². The first-order valence-corrected chi connectivity index (χ1v) is 10.1. The van der Waals surface area contributed by atoms with Gasteiger partial charge in [0.2, 0.25) is 15.8 Å². The fourth-order valence-corrected chi connectivity index (χ4v) is 3.31. The van der Waals surface area contributed by atoms with Crippen molar-refractivity contribution in [3.05, 3.63) is 64.2 Å². The molecule has 0 saturated heterocycles. The molecule has 0 aliphatic carbocycles. The number of hydrogen-bond donors (Lipinski definition) is 1. The minimum atomic E-state index is -3.75. The molecule has 1 N–H and O–H groups in total. The maximum absolute atomic E-state index is 12.5. The van der Waals surface area contributed by atoms with Gasteiger partial charge in [-0.15, -0.1) is 0 Å². The highest BCUT2D eigenvalue weighted by Crippen LogP contribution is 2.22. The van der Waals surface area contributed by atoms with Crippen LogP contribution in [0.25, 0.3) is 0 Å². The van der Waals surface area contributed by atoms with Crippen molar-refractivity contribution in [1.82, 2.24) is 4.72 Å². The van der Waals surface area contributed by atoms with E-state index in [1.165, 1.54) is 26.1 Å². The van der Waals surface area contributed by atoms with Crippen molar-refractivity contribution in [2.75, 3.05) is 7.05 Å². The van der Waals surface area contributed by atoms with Crippen LogP contribution in [0.15, 0.2) is 47.4 Å². The van der Waals surface area contributed by atoms with E-state index >= 15 is 0 Å². The van der Waals surface area contributed by atoms with Gasteiger partial charge in [0, 0.05) is 5.56 Å². The van der Waals surface area contributed by atoms with Crippen LogP contribution in [-0.4, -0.2) is 33.3 Å². The predicted octanol–water partition coefficient (Wildman–Crippen LogP) is 3.24. The maximum atomic E-state index is 12.5. The average molecular weight is 410 g/mol. The van der Waals surface area contributed by atoms with Gasteiger partial charge in [-0.3, -0.25) is 4.79 Å². The number of carbonyl (C=O) groups excluding carboxylic acids is 2. The second-order valence-electron chi connectivity index (χ2n) is 5.81. The van der Waals surface area contributed by atoms with E-state index < -0.39 is 22.1 Å². The SMILES string of the molecule is CCc1ccc(C(=O)C(C)OC(=O)c2cc(S(=O)(=O)NC)ccc2Cl)cc1. The number of halogens is 1. The van der Waals surface area contributed by atoms with E-state index in [2.05, 4.69) is 4.72 Å². The van der Waals surface area contributed by atoms with E-state index in [0.717, 1.165) is 18.1 Å². The summed E-state index contributed by atoms with van der Waals surface area (Å²) < 4.78 is 31.1. The zero-order valence-corrected chi connectivity index (χ0v) is 16.7. The van der Waals surface area contributed by atoms with Gasteiger partial charge in [-0.2, -0.15) is 0 Å². The molecule has 2 aromatic rings. The Balaban J connectivity index is 2.20. The topological polar surface area (TPSA) is 89.5 Å². The molecule has 1 atom stereocenters. The van der Waals surface area contributed by atoms with Crippen molar-refractivity contribution in [1.29, 1.82) is 0 Å². The zero-order valence-electron chi connectivity index (χ0n) is 15.2. The highest BCUT2D eigenvalue weighted by molar-refractivity contribution is 7.89. The Kier molecular flexibility index (Phi) is 6.75. The normalized spacial score (nSPS) is 12.4. The molecule has 2 aromatic carbocycles. The number of nitrogens with one attached hydrogen (secondary N) is 1. The van der Waals surface area contributed by atoms with Crippen molar-refractivity contribution in [3.63, 3.8) is 0 Å². The molecule has 0 bridgehead atoms. The monoisotopic (exact) mass is 409 g/mol. The number of hydrogen-bond acceptors (Lipinski definition) is 5. The van der Waals surface area contributed by atoms with Crippen LogP contribution < -0.4 is 4.72 Å². The number of ether oxygens (including phenoxy) is 1. The predicted molar refractivity (Wildman–Crippen MR) is 103 cm³/mol. The molecule has 0 radical (unpaired) electrons. The van der Waals surface area contributed by atoms with Gasteiger partial charge >= 0.3 is 5.97 Å².